The third kappa shape index (κ3) is 3.45. The lowest BCUT2D eigenvalue weighted by atomic mass is 10.1. The molecule has 7 heteroatoms. The molecule has 1 rings (SSSR count). The highest BCUT2D eigenvalue weighted by Crippen LogP contribution is 2.18. The SMILES string of the molecule is CCOC(=O)NC(C#N)c1cccc([N+](=O)[O-])c1. The maximum absolute atomic E-state index is 11.2. The molecule has 7 nitrogen and oxygen atoms in total. The standard InChI is InChI=1S/C11H11N3O4/c1-2-18-11(15)13-10(7-12)8-4-3-5-9(6-8)14(16)17/h3-6,10H,2H2,1H3,(H,13,15). The number of carbonyl (C=O) groups excluding carboxylic acids is 1. The molecule has 0 fully saturated rings. The number of nitro groups is 1. The van der Waals surface area contributed by atoms with Gasteiger partial charge in [0.2, 0.25) is 0 Å². The maximum atomic E-state index is 11.2. The Kier molecular flexibility index (Phi) is 4.63. The molecule has 0 heterocycles. The molecule has 0 aromatic heterocycles. The number of nitrogens with one attached hydrogen (secondary N) is 1. The molecule has 0 saturated heterocycles. The first kappa shape index (κ1) is 13.4. The topological polar surface area (TPSA) is 105 Å². The van der Waals surface area contributed by atoms with E-state index in [1.165, 1.54) is 24.3 Å². The fourth-order valence-electron chi connectivity index (χ4n) is 1.30. The van der Waals surface area contributed by atoms with E-state index < -0.39 is 17.1 Å². The molecule has 0 spiro atoms. The predicted molar refractivity (Wildman–Crippen MR) is 61.6 cm³/mol. The van der Waals surface area contributed by atoms with Crippen molar-refractivity contribution in [2.24, 2.45) is 0 Å². The van der Waals surface area contributed by atoms with Gasteiger partial charge in [0, 0.05) is 12.1 Å². The Morgan fingerprint density at radius 2 is 2.39 bits per heavy atom. The van der Waals surface area contributed by atoms with Crippen molar-refractivity contribution in [3.8, 4) is 6.07 Å². The normalized spacial score (nSPS) is 11.1. The minimum Gasteiger partial charge on any atom is -0.450 e. The zero-order valence-corrected chi connectivity index (χ0v) is 9.62. The molecule has 1 N–H and O–H groups in total. The van der Waals surface area contributed by atoms with Crippen LogP contribution < -0.4 is 5.32 Å². The van der Waals surface area contributed by atoms with Gasteiger partial charge in [0.1, 0.15) is 6.04 Å². The second kappa shape index (κ2) is 6.20. The monoisotopic (exact) mass is 249 g/mol. The summed E-state index contributed by atoms with van der Waals surface area (Å²) in [5, 5.41) is 21.8. The molecule has 1 amide bonds. The number of nitro benzene ring substituents is 1. The Morgan fingerprint density at radius 3 is 2.94 bits per heavy atom. The molecular weight excluding hydrogens is 238 g/mol. The van der Waals surface area contributed by atoms with Crippen LogP contribution in [0.15, 0.2) is 24.3 Å². The number of amides is 1. The Balaban J connectivity index is 2.89. The van der Waals surface area contributed by atoms with Crippen LogP contribution in [0, 0.1) is 21.4 Å². The minimum absolute atomic E-state index is 0.140. The highest BCUT2D eigenvalue weighted by Gasteiger charge is 2.16. The fourth-order valence-corrected chi connectivity index (χ4v) is 1.30. The first-order valence-electron chi connectivity index (χ1n) is 5.15. The maximum Gasteiger partial charge on any atom is 0.408 e. The van der Waals surface area contributed by atoms with Crippen molar-refractivity contribution >= 4 is 11.8 Å². The number of carbonyl (C=O) groups is 1. The van der Waals surface area contributed by atoms with Gasteiger partial charge in [-0.3, -0.25) is 10.1 Å². The van der Waals surface area contributed by atoms with Gasteiger partial charge in [-0.1, -0.05) is 12.1 Å². The molecule has 0 bridgehead atoms. The number of hydrogen-bond donors (Lipinski definition) is 1. The first-order valence-corrected chi connectivity index (χ1v) is 5.15. The number of alkyl carbamates (subject to hydrolysis) is 1. The number of nitrogens with zero attached hydrogens (tertiary/aromatic N) is 2. The predicted octanol–water partition coefficient (Wildman–Crippen LogP) is 1.91. The van der Waals surface area contributed by atoms with E-state index in [0.717, 1.165) is 0 Å². The summed E-state index contributed by atoms with van der Waals surface area (Å²) >= 11 is 0. The minimum atomic E-state index is -0.982. The smallest absolute Gasteiger partial charge is 0.408 e. The molecule has 1 atom stereocenters. The Bertz CT molecular complexity index is 495. The molecule has 0 aliphatic rings. The van der Waals surface area contributed by atoms with Crippen LogP contribution in [-0.2, 0) is 4.74 Å². The average Bonchev–Trinajstić information content (AvgIpc) is 2.36. The fraction of sp³-hybridized carbons (Fsp3) is 0.273. The van der Waals surface area contributed by atoms with Crippen molar-refractivity contribution in [2.45, 2.75) is 13.0 Å². The first-order chi connectivity index (χ1) is 8.58. The summed E-state index contributed by atoms with van der Waals surface area (Å²) in [5.41, 5.74) is 0.193. The van der Waals surface area contributed by atoms with E-state index in [-0.39, 0.29) is 12.3 Å². The van der Waals surface area contributed by atoms with Gasteiger partial charge in [0.25, 0.3) is 5.69 Å². The van der Waals surface area contributed by atoms with Crippen molar-refractivity contribution < 1.29 is 14.5 Å². The highest BCUT2D eigenvalue weighted by atomic mass is 16.6. The van der Waals surface area contributed by atoms with E-state index in [0.29, 0.717) is 5.56 Å². The summed E-state index contributed by atoms with van der Waals surface area (Å²) in [7, 11) is 0. The molecule has 0 saturated carbocycles. The lowest BCUT2D eigenvalue weighted by Crippen LogP contribution is -2.28. The number of nitriles is 1. The van der Waals surface area contributed by atoms with E-state index in [1.807, 2.05) is 6.07 Å². The van der Waals surface area contributed by atoms with Gasteiger partial charge in [-0.15, -0.1) is 0 Å². The van der Waals surface area contributed by atoms with E-state index >= 15 is 0 Å². The van der Waals surface area contributed by atoms with Crippen molar-refractivity contribution in [1.29, 1.82) is 5.26 Å². The van der Waals surface area contributed by atoms with Crippen LogP contribution in [0.1, 0.15) is 18.5 Å². The molecule has 18 heavy (non-hydrogen) atoms. The van der Waals surface area contributed by atoms with Crippen LogP contribution >= 0.6 is 0 Å². The molecule has 0 aliphatic carbocycles. The summed E-state index contributed by atoms with van der Waals surface area (Å²) < 4.78 is 4.64. The van der Waals surface area contributed by atoms with Crippen molar-refractivity contribution in [3.05, 3.63) is 39.9 Å². The van der Waals surface area contributed by atoms with Crippen molar-refractivity contribution in [1.82, 2.24) is 5.32 Å². The van der Waals surface area contributed by atoms with Crippen LogP contribution in [0.4, 0.5) is 10.5 Å². The van der Waals surface area contributed by atoms with Gasteiger partial charge in [-0.2, -0.15) is 5.26 Å². The van der Waals surface area contributed by atoms with E-state index in [9.17, 15) is 14.9 Å². The molecule has 0 aliphatic heterocycles. The highest BCUT2D eigenvalue weighted by molar-refractivity contribution is 5.68. The van der Waals surface area contributed by atoms with Crippen LogP contribution in [0.5, 0.6) is 0 Å². The number of hydrogen-bond acceptors (Lipinski definition) is 5. The number of benzene rings is 1. The lowest BCUT2D eigenvalue weighted by molar-refractivity contribution is -0.384. The largest absolute Gasteiger partial charge is 0.450 e. The molecule has 94 valence electrons. The van der Waals surface area contributed by atoms with Crippen LogP contribution in [0.3, 0.4) is 0 Å². The quantitative estimate of drug-likeness (QED) is 0.648. The second-order valence-electron chi connectivity index (χ2n) is 3.28. The number of ether oxygens (including phenoxy) is 1. The second-order valence-corrected chi connectivity index (χ2v) is 3.28. The Hall–Kier alpha value is -2.62. The Labute approximate surface area is 103 Å². The number of rotatable bonds is 4. The third-order valence-corrected chi connectivity index (χ3v) is 2.08. The third-order valence-electron chi connectivity index (χ3n) is 2.08. The van der Waals surface area contributed by atoms with E-state index in [4.69, 9.17) is 5.26 Å². The van der Waals surface area contributed by atoms with E-state index in [1.54, 1.807) is 6.92 Å². The summed E-state index contributed by atoms with van der Waals surface area (Å²) in [6.45, 7) is 1.81. The molecule has 1 unspecified atom stereocenters. The summed E-state index contributed by atoms with van der Waals surface area (Å²) in [6, 6.07) is 6.37. The van der Waals surface area contributed by atoms with Crippen LogP contribution in [0.25, 0.3) is 0 Å². The van der Waals surface area contributed by atoms with Gasteiger partial charge >= 0.3 is 6.09 Å². The zero-order valence-electron chi connectivity index (χ0n) is 9.62. The van der Waals surface area contributed by atoms with Gasteiger partial charge in [-0.25, -0.2) is 4.79 Å². The molecule has 1 aromatic rings. The number of non-ortho nitro benzene ring substituents is 1. The van der Waals surface area contributed by atoms with E-state index in [2.05, 4.69) is 10.1 Å². The summed E-state index contributed by atoms with van der Waals surface area (Å²) in [4.78, 5) is 21.2. The zero-order chi connectivity index (χ0) is 13.5. The van der Waals surface area contributed by atoms with Gasteiger partial charge in [-0.05, 0) is 12.5 Å². The summed E-state index contributed by atoms with van der Waals surface area (Å²) in [5.74, 6) is 0. The molecule has 1 aromatic carbocycles. The molecule has 0 radical (unpaired) electrons. The van der Waals surface area contributed by atoms with Crippen LogP contribution in [0.2, 0.25) is 0 Å². The van der Waals surface area contributed by atoms with Gasteiger partial charge in [0.15, 0.2) is 0 Å². The van der Waals surface area contributed by atoms with Crippen molar-refractivity contribution in [3.63, 3.8) is 0 Å². The average molecular weight is 249 g/mol. The lowest BCUT2D eigenvalue weighted by Gasteiger charge is -2.11. The van der Waals surface area contributed by atoms with Crippen LogP contribution in [-0.4, -0.2) is 17.6 Å². The van der Waals surface area contributed by atoms with Gasteiger partial charge in [0.05, 0.1) is 17.6 Å². The van der Waals surface area contributed by atoms with Gasteiger partial charge < -0.3 is 10.1 Å². The summed E-state index contributed by atoms with van der Waals surface area (Å²) in [6.07, 6.45) is -0.740. The molecular formula is C11H11N3O4. The van der Waals surface area contributed by atoms with Crippen molar-refractivity contribution in [2.75, 3.05) is 6.61 Å². The Morgan fingerprint density at radius 1 is 1.67 bits per heavy atom.